The number of benzene rings is 3. The third-order valence-corrected chi connectivity index (χ3v) is 7.70. The molecule has 3 N–H and O–H groups in total. The summed E-state index contributed by atoms with van der Waals surface area (Å²) in [7, 11) is -3.54. The first kappa shape index (κ1) is 28.4. The van der Waals surface area contributed by atoms with Gasteiger partial charge >= 0.3 is 0 Å². The van der Waals surface area contributed by atoms with Crippen LogP contribution in [0.1, 0.15) is 41.3 Å². The Labute approximate surface area is 216 Å². The average Bonchev–Trinajstić information content (AvgIpc) is 2.87. The highest BCUT2D eigenvalue weighted by Gasteiger charge is 2.24. The van der Waals surface area contributed by atoms with Crippen molar-refractivity contribution in [2.24, 2.45) is 0 Å². The first-order chi connectivity index (χ1) is 17.7. The Hall–Kier alpha value is -3.14. The van der Waals surface area contributed by atoms with Gasteiger partial charge in [0.25, 0.3) is 5.91 Å². The lowest BCUT2D eigenvalue weighted by Crippen LogP contribution is -2.48. The van der Waals surface area contributed by atoms with Crippen LogP contribution in [0.5, 0.6) is 0 Å². The minimum Gasteiger partial charge on any atom is -0.390 e. The van der Waals surface area contributed by atoms with Crippen LogP contribution < -0.4 is 10.6 Å². The van der Waals surface area contributed by atoms with Crippen molar-refractivity contribution in [1.29, 1.82) is 0 Å². The molecule has 0 aliphatic carbocycles. The lowest BCUT2D eigenvalue weighted by atomic mass is 10.00. The molecule has 0 aliphatic rings. The molecule has 3 rings (SSSR count). The highest BCUT2D eigenvalue weighted by molar-refractivity contribution is 7.91. The van der Waals surface area contributed by atoms with Gasteiger partial charge in [0, 0.05) is 24.7 Å². The summed E-state index contributed by atoms with van der Waals surface area (Å²) < 4.78 is 52.7. The highest BCUT2D eigenvalue weighted by atomic mass is 32.2. The molecule has 0 fully saturated rings. The maximum Gasteiger partial charge on any atom is 0.251 e. The van der Waals surface area contributed by atoms with E-state index in [4.69, 9.17) is 0 Å². The van der Waals surface area contributed by atoms with Gasteiger partial charge in [0.05, 0.1) is 22.8 Å². The number of unbranched alkanes of at least 4 members (excludes halogenated alkanes) is 1. The Kier molecular flexibility index (Phi) is 10.3. The molecule has 0 radical (unpaired) electrons. The van der Waals surface area contributed by atoms with Crippen molar-refractivity contribution in [2.75, 3.05) is 12.3 Å². The molecule has 0 spiro atoms. The van der Waals surface area contributed by atoms with Crippen molar-refractivity contribution >= 4 is 15.7 Å². The molecular weight excluding hydrogens is 498 g/mol. The number of hydrogen-bond acceptors (Lipinski definition) is 5. The summed E-state index contributed by atoms with van der Waals surface area (Å²) in [5.41, 5.74) is 1.38. The van der Waals surface area contributed by atoms with Gasteiger partial charge in [-0.1, -0.05) is 49.7 Å². The fourth-order valence-corrected chi connectivity index (χ4v) is 5.40. The van der Waals surface area contributed by atoms with E-state index < -0.39 is 39.5 Å². The van der Waals surface area contributed by atoms with Gasteiger partial charge in [-0.15, -0.1) is 0 Å². The van der Waals surface area contributed by atoms with E-state index in [1.165, 1.54) is 24.3 Å². The number of amides is 1. The van der Waals surface area contributed by atoms with Crippen molar-refractivity contribution in [3.63, 3.8) is 0 Å². The molecule has 3 aromatic rings. The first-order valence-electron chi connectivity index (χ1n) is 12.2. The van der Waals surface area contributed by atoms with E-state index in [1.54, 1.807) is 0 Å². The molecule has 2 atom stereocenters. The van der Waals surface area contributed by atoms with Gasteiger partial charge in [-0.25, -0.2) is 17.2 Å². The molecule has 9 heteroatoms. The number of halogens is 2. The molecule has 0 heterocycles. The van der Waals surface area contributed by atoms with E-state index in [9.17, 15) is 27.1 Å². The number of aliphatic hydroxyl groups excluding tert-OH is 1. The molecule has 0 saturated heterocycles. The van der Waals surface area contributed by atoms with E-state index in [0.29, 0.717) is 13.0 Å². The summed E-state index contributed by atoms with van der Waals surface area (Å²) in [5, 5.41) is 16.7. The van der Waals surface area contributed by atoms with Gasteiger partial charge in [-0.3, -0.25) is 4.79 Å². The first-order valence-corrected chi connectivity index (χ1v) is 13.8. The van der Waals surface area contributed by atoms with Gasteiger partial charge in [0.2, 0.25) is 0 Å². The summed E-state index contributed by atoms with van der Waals surface area (Å²) >= 11 is 0. The molecule has 3 aromatic carbocycles. The monoisotopic (exact) mass is 530 g/mol. The number of hydrogen-bond donors (Lipinski definition) is 3. The van der Waals surface area contributed by atoms with Crippen LogP contribution in [0.2, 0.25) is 0 Å². The molecule has 0 bridgehead atoms. The smallest absolute Gasteiger partial charge is 0.251 e. The topological polar surface area (TPSA) is 95.5 Å². The zero-order valence-corrected chi connectivity index (χ0v) is 21.5. The fourth-order valence-electron chi connectivity index (χ4n) is 3.90. The Bertz CT molecular complexity index is 1270. The van der Waals surface area contributed by atoms with Crippen molar-refractivity contribution in [3.8, 4) is 0 Å². The SMILES string of the molecule is CCCCS(=O)(=O)c1cccc(C(=O)N[C@@H](Cc2cc(F)cc(F)c2)[C@H](O)CNCc2ccccc2)c1. The van der Waals surface area contributed by atoms with Crippen molar-refractivity contribution in [3.05, 3.63) is 101 Å². The van der Waals surface area contributed by atoms with Gasteiger partial charge in [0.1, 0.15) is 11.6 Å². The summed E-state index contributed by atoms with van der Waals surface area (Å²) in [5.74, 6) is -2.14. The van der Waals surface area contributed by atoms with Gasteiger partial charge < -0.3 is 15.7 Å². The maximum atomic E-state index is 13.8. The Balaban J connectivity index is 1.77. The van der Waals surface area contributed by atoms with Gasteiger partial charge in [0.15, 0.2) is 9.84 Å². The van der Waals surface area contributed by atoms with E-state index in [-0.39, 0.29) is 34.7 Å². The largest absolute Gasteiger partial charge is 0.390 e. The van der Waals surface area contributed by atoms with E-state index in [1.807, 2.05) is 37.3 Å². The van der Waals surface area contributed by atoms with Crippen LogP contribution in [0.15, 0.2) is 77.7 Å². The minimum absolute atomic E-state index is 0.0197. The second-order valence-electron chi connectivity index (χ2n) is 8.95. The lowest BCUT2D eigenvalue weighted by Gasteiger charge is -2.25. The van der Waals surface area contributed by atoms with Crippen molar-refractivity contribution in [1.82, 2.24) is 10.6 Å². The number of carbonyl (C=O) groups is 1. The normalized spacial score (nSPS) is 13.2. The maximum absolute atomic E-state index is 13.8. The van der Waals surface area contributed by atoms with Crippen LogP contribution in [0, 0.1) is 11.6 Å². The van der Waals surface area contributed by atoms with Crippen LogP contribution in [-0.4, -0.2) is 43.9 Å². The van der Waals surface area contributed by atoms with Crippen LogP contribution in [0.4, 0.5) is 8.78 Å². The van der Waals surface area contributed by atoms with Crippen LogP contribution in [0.25, 0.3) is 0 Å². The average molecular weight is 531 g/mol. The summed E-state index contributed by atoms with van der Waals surface area (Å²) in [6.45, 7) is 2.47. The Morgan fingerprint density at radius 3 is 2.32 bits per heavy atom. The van der Waals surface area contributed by atoms with E-state index in [0.717, 1.165) is 30.2 Å². The number of rotatable bonds is 13. The zero-order valence-electron chi connectivity index (χ0n) is 20.7. The third kappa shape index (κ3) is 8.73. The molecule has 0 aliphatic heterocycles. The summed E-state index contributed by atoms with van der Waals surface area (Å²) in [4.78, 5) is 13.1. The molecule has 37 heavy (non-hydrogen) atoms. The van der Waals surface area contributed by atoms with Crippen molar-refractivity contribution < 1.29 is 27.1 Å². The summed E-state index contributed by atoms with van der Waals surface area (Å²) in [6.07, 6.45) is 0.0873. The Morgan fingerprint density at radius 2 is 1.65 bits per heavy atom. The highest BCUT2D eigenvalue weighted by Crippen LogP contribution is 2.17. The predicted molar refractivity (Wildman–Crippen MR) is 139 cm³/mol. The Morgan fingerprint density at radius 1 is 0.946 bits per heavy atom. The van der Waals surface area contributed by atoms with E-state index in [2.05, 4.69) is 10.6 Å². The lowest BCUT2D eigenvalue weighted by molar-refractivity contribution is 0.0829. The minimum atomic E-state index is -3.54. The molecule has 0 aromatic heterocycles. The molecular formula is C28H32F2N2O4S. The number of carbonyl (C=O) groups excluding carboxylic acids is 1. The number of sulfone groups is 1. The second-order valence-corrected chi connectivity index (χ2v) is 11.1. The summed E-state index contributed by atoms with van der Waals surface area (Å²) in [6, 6.07) is 17.4. The molecule has 0 saturated carbocycles. The van der Waals surface area contributed by atoms with Crippen LogP contribution in [0.3, 0.4) is 0 Å². The number of nitrogens with one attached hydrogen (secondary N) is 2. The molecule has 6 nitrogen and oxygen atoms in total. The molecule has 1 amide bonds. The number of aliphatic hydroxyl groups is 1. The molecule has 198 valence electrons. The molecule has 0 unspecified atom stereocenters. The van der Waals surface area contributed by atoms with Gasteiger partial charge in [-0.05, 0) is 54.3 Å². The third-order valence-electron chi connectivity index (χ3n) is 5.91. The quantitative estimate of drug-likeness (QED) is 0.310. The van der Waals surface area contributed by atoms with Gasteiger partial charge in [-0.2, -0.15) is 0 Å². The second kappa shape index (κ2) is 13.4. The zero-order chi connectivity index (χ0) is 26.8. The van der Waals surface area contributed by atoms with Crippen LogP contribution >= 0.6 is 0 Å². The standard InChI is InChI=1S/C28H32F2N2O4S/c1-2-3-12-37(35,36)25-11-7-10-22(16-25)28(34)32-26(15-21-13-23(29)17-24(30)14-21)27(33)19-31-18-20-8-5-4-6-9-20/h4-11,13-14,16-17,26-27,31,33H,2-3,12,15,18-19H2,1H3,(H,32,34)/t26-,27+/m0/s1. The predicted octanol–water partition coefficient (Wildman–Crippen LogP) is 4.03. The van der Waals surface area contributed by atoms with Crippen LogP contribution in [-0.2, 0) is 22.8 Å². The van der Waals surface area contributed by atoms with Crippen molar-refractivity contribution in [2.45, 2.75) is 49.8 Å². The van der Waals surface area contributed by atoms with E-state index >= 15 is 0 Å². The fraction of sp³-hybridized carbons (Fsp3) is 0.321.